The van der Waals surface area contributed by atoms with E-state index in [-0.39, 0.29) is 23.9 Å². The van der Waals surface area contributed by atoms with E-state index in [0.29, 0.717) is 17.5 Å². The number of fused-ring (bicyclic) bond motifs is 1. The summed E-state index contributed by atoms with van der Waals surface area (Å²) in [5, 5.41) is 0. The molecular weight excluding hydrogens is 444 g/mol. The Morgan fingerprint density at radius 2 is 1.33 bits per heavy atom. The van der Waals surface area contributed by atoms with Crippen LogP contribution in [0.3, 0.4) is 0 Å². The number of rotatable bonds is 4. The maximum absolute atomic E-state index is 14.0. The fraction of sp³-hybridized carbons (Fsp3) is 0.188. The summed E-state index contributed by atoms with van der Waals surface area (Å²) in [5.41, 5.74) is 6.23. The summed E-state index contributed by atoms with van der Waals surface area (Å²) in [4.78, 5) is 31.5. The standard InChI is InChI=1S/C32H30N2O2/c1-22-14-17-27(18-15-22)34(32(36)26-12-8-5-9-13-26)30-21-24(3)33(29-19-16-23(2)20-28(29)30)31(35)25-10-6-4-7-11-25/h4-20,24,30H,21H2,1-3H3. The zero-order chi connectivity index (χ0) is 25.2. The smallest absolute Gasteiger partial charge is 0.258 e. The Labute approximate surface area is 212 Å². The highest BCUT2D eigenvalue weighted by molar-refractivity contribution is 6.09. The number of hydrogen-bond donors (Lipinski definition) is 0. The molecule has 2 amide bonds. The highest BCUT2D eigenvalue weighted by Gasteiger charge is 2.39. The van der Waals surface area contributed by atoms with E-state index in [0.717, 1.165) is 28.1 Å². The van der Waals surface area contributed by atoms with Crippen molar-refractivity contribution in [3.05, 3.63) is 131 Å². The summed E-state index contributed by atoms with van der Waals surface area (Å²) in [7, 11) is 0. The Morgan fingerprint density at radius 3 is 1.97 bits per heavy atom. The Hall–Kier alpha value is -4.18. The SMILES string of the molecule is Cc1ccc(N(C(=O)c2ccccc2)C2CC(C)N(C(=O)c3ccccc3)c3ccc(C)cc32)cc1. The van der Waals surface area contributed by atoms with E-state index in [1.54, 1.807) is 0 Å². The minimum Gasteiger partial charge on any atom is -0.305 e. The number of carbonyl (C=O) groups is 2. The van der Waals surface area contributed by atoms with Gasteiger partial charge in [-0.2, -0.15) is 0 Å². The molecular formula is C32H30N2O2. The van der Waals surface area contributed by atoms with Crippen molar-refractivity contribution in [2.24, 2.45) is 0 Å². The molecule has 4 heteroatoms. The lowest BCUT2D eigenvalue weighted by Gasteiger charge is -2.44. The second-order valence-corrected chi connectivity index (χ2v) is 9.58. The minimum absolute atomic E-state index is 0.0251. The Bertz CT molecular complexity index is 1380. The average molecular weight is 475 g/mol. The van der Waals surface area contributed by atoms with Crippen LogP contribution in [0.15, 0.2) is 103 Å². The molecule has 4 aromatic carbocycles. The largest absolute Gasteiger partial charge is 0.305 e. The third-order valence-electron chi connectivity index (χ3n) is 6.91. The molecule has 2 unspecified atom stereocenters. The van der Waals surface area contributed by atoms with Gasteiger partial charge in [-0.1, -0.05) is 71.8 Å². The topological polar surface area (TPSA) is 40.6 Å². The third kappa shape index (κ3) is 4.42. The number of carbonyl (C=O) groups excluding carboxylic acids is 2. The maximum Gasteiger partial charge on any atom is 0.258 e. The summed E-state index contributed by atoms with van der Waals surface area (Å²) >= 11 is 0. The molecule has 1 aliphatic rings. The molecule has 4 aromatic rings. The molecule has 0 N–H and O–H groups in total. The van der Waals surface area contributed by atoms with Crippen molar-refractivity contribution in [1.29, 1.82) is 0 Å². The molecule has 0 saturated carbocycles. The first kappa shape index (κ1) is 23.6. The first-order chi connectivity index (χ1) is 17.4. The quantitative estimate of drug-likeness (QED) is 0.316. The van der Waals surface area contributed by atoms with Crippen molar-refractivity contribution >= 4 is 23.2 Å². The third-order valence-corrected chi connectivity index (χ3v) is 6.91. The minimum atomic E-state index is -0.217. The van der Waals surface area contributed by atoms with Crippen LogP contribution in [0.5, 0.6) is 0 Å². The number of aryl methyl sites for hydroxylation is 2. The van der Waals surface area contributed by atoms with Crippen LogP contribution in [0.25, 0.3) is 0 Å². The van der Waals surface area contributed by atoms with E-state index in [4.69, 9.17) is 0 Å². The van der Waals surface area contributed by atoms with Crippen LogP contribution in [0, 0.1) is 13.8 Å². The molecule has 0 fully saturated rings. The second kappa shape index (κ2) is 9.82. The lowest BCUT2D eigenvalue weighted by Crippen LogP contribution is -2.48. The fourth-order valence-electron chi connectivity index (χ4n) is 5.09. The lowest BCUT2D eigenvalue weighted by molar-refractivity contribution is 0.0965. The van der Waals surface area contributed by atoms with Crippen molar-refractivity contribution < 1.29 is 9.59 Å². The normalized spacial score (nSPS) is 16.8. The van der Waals surface area contributed by atoms with E-state index in [9.17, 15) is 9.59 Å². The van der Waals surface area contributed by atoms with Crippen LogP contribution in [-0.4, -0.2) is 17.9 Å². The van der Waals surface area contributed by atoms with E-state index >= 15 is 0 Å². The summed E-state index contributed by atoms with van der Waals surface area (Å²) < 4.78 is 0. The van der Waals surface area contributed by atoms with Crippen LogP contribution in [-0.2, 0) is 0 Å². The van der Waals surface area contributed by atoms with Gasteiger partial charge in [0.15, 0.2) is 0 Å². The summed E-state index contributed by atoms with van der Waals surface area (Å²) in [6.07, 6.45) is 0.626. The maximum atomic E-state index is 14.0. The van der Waals surface area contributed by atoms with Crippen molar-refractivity contribution in [2.75, 3.05) is 9.80 Å². The highest BCUT2D eigenvalue weighted by atomic mass is 16.2. The van der Waals surface area contributed by atoms with E-state index in [1.165, 1.54) is 0 Å². The number of hydrogen-bond acceptors (Lipinski definition) is 2. The molecule has 0 saturated heterocycles. The van der Waals surface area contributed by atoms with Crippen molar-refractivity contribution in [3.8, 4) is 0 Å². The fourth-order valence-corrected chi connectivity index (χ4v) is 5.09. The predicted octanol–water partition coefficient (Wildman–Crippen LogP) is 7.13. The molecule has 0 aliphatic carbocycles. The number of anilines is 2. The van der Waals surface area contributed by atoms with E-state index in [2.05, 4.69) is 13.0 Å². The first-order valence-electron chi connectivity index (χ1n) is 12.4. The molecule has 5 rings (SSSR count). The van der Waals surface area contributed by atoms with Gasteiger partial charge in [-0.15, -0.1) is 0 Å². The van der Waals surface area contributed by atoms with Gasteiger partial charge in [-0.3, -0.25) is 9.59 Å². The van der Waals surface area contributed by atoms with Crippen molar-refractivity contribution in [1.82, 2.24) is 0 Å². The molecule has 0 spiro atoms. The van der Waals surface area contributed by atoms with Crippen LogP contribution in [0.1, 0.15) is 56.8 Å². The van der Waals surface area contributed by atoms with Crippen molar-refractivity contribution in [2.45, 2.75) is 39.3 Å². The Morgan fingerprint density at radius 1 is 0.750 bits per heavy atom. The van der Waals surface area contributed by atoms with Crippen LogP contribution < -0.4 is 9.80 Å². The Balaban J connectivity index is 1.64. The van der Waals surface area contributed by atoms with Gasteiger partial charge in [0.1, 0.15) is 0 Å². The predicted molar refractivity (Wildman–Crippen MR) is 146 cm³/mol. The van der Waals surface area contributed by atoms with Gasteiger partial charge in [0, 0.05) is 28.5 Å². The van der Waals surface area contributed by atoms with Gasteiger partial charge >= 0.3 is 0 Å². The second-order valence-electron chi connectivity index (χ2n) is 9.58. The van der Waals surface area contributed by atoms with Gasteiger partial charge in [-0.25, -0.2) is 0 Å². The van der Waals surface area contributed by atoms with Crippen molar-refractivity contribution in [3.63, 3.8) is 0 Å². The summed E-state index contributed by atoms with van der Waals surface area (Å²) in [5.74, 6) is -0.0742. The van der Waals surface area contributed by atoms with Crippen LogP contribution in [0.4, 0.5) is 11.4 Å². The van der Waals surface area contributed by atoms with E-state index in [1.807, 2.05) is 121 Å². The molecule has 0 radical (unpaired) electrons. The van der Waals surface area contributed by atoms with Gasteiger partial charge in [0.25, 0.3) is 11.8 Å². The highest BCUT2D eigenvalue weighted by Crippen LogP contribution is 2.43. The summed E-state index contributed by atoms with van der Waals surface area (Å²) in [6.45, 7) is 6.16. The monoisotopic (exact) mass is 474 g/mol. The molecule has 180 valence electrons. The van der Waals surface area contributed by atoms with Crippen LogP contribution >= 0.6 is 0 Å². The van der Waals surface area contributed by atoms with E-state index < -0.39 is 0 Å². The van der Waals surface area contributed by atoms with Gasteiger partial charge in [0.2, 0.25) is 0 Å². The molecule has 0 bridgehead atoms. The lowest BCUT2D eigenvalue weighted by atomic mass is 9.88. The zero-order valence-electron chi connectivity index (χ0n) is 20.9. The molecule has 4 nitrogen and oxygen atoms in total. The molecule has 1 aliphatic heterocycles. The molecule has 36 heavy (non-hydrogen) atoms. The molecule has 1 heterocycles. The first-order valence-corrected chi connectivity index (χ1v) is 12.4. The number of benzene rings is 4. The number of nitrogens with zero attached hydrogens (tertiary/aromatic N) is 2. The molecule has 2 atom stereocenters. The Kier molecular flexibility index (Phi) is 6.43. The molecule has 0 aromatic heterocycles. The average Bonchev–Trinajstić information content (AvgIpc) is 2.91. The van der Waals surface area contributed by atoms with Crippen LogP contribution in [0.2, 0.25) is 0 Å². The van der Waals surface area contributed by atoms with Gasteiger partial charge in [-0.05, 0) is 75.2 Å². The van der Waals surface area contributed by atoms with Gasteiger partial charge in [0.05, 0.1) is 6.04 Å². The zero-order valence-corrected chi connectivity index (χ0v) is 20.9. The summed E-state index contributed by atoms with van der Waals surface area (Å²) in [6, 6.07) is 32.8. The number of amides is 2. The van der Waals surface area contributed by atoms with Gasteiger partial charge < -0.3 is 9.80 Å².